The number of carbonyl (C=O) groups is 1. The molecule has 2 rings (SSSR count). The highest BCUT2D eigenvalue weighted by atomic mass is 16.5. The summed E-state index contributed by atoms with van der Waals surface area (Å²) in [5.74, 6) is 1.55. The topological polar surface area (TPSA) is 59.6 Å². The predicted octanol–water partition coefficient (Wildman–Crippen LogP) is 4.14. The molecule has 0 aromatic heterocycles. The number of urea groups is 1. The lowest BCUT2D eigenvalue weighted by atomic mass is 9.85. The molecule has 0 spiro atoms. The molecule has 0 atom stereocenters. The first-order valence-corrected chi connectivity index (χ1v) is 8.68. The van der Waals surface area contributed by atoms with Gasteiger partial charge in [-0.3, -0.25) is 0 Å². The number of carbonyl (C=O) groups excluding carboxylic acids is 1. The molecule has 140 valence electrons. The SMILES string of the molecule is COc1cccc(CNC(=O)NCOc2ccc(C)cc2C(C)(C)C)c1. The second kappa shape index (κ2) is 8.61. The number of nitrogens with one attached hydrogen (secondary N) is 2. The summed E-state index contributed by atoms with van der Waals surface area (Å²) in [4.78, 5) is 12.0. The van der Waals surface area contributed by atoms with E-state index in [1.807, 2.05) is 36.4 Å². The van der Waals surface area contributed by atoms with Crippen molar-refractivity contribution < 1.29 is 14.3 Å². The summed E-state index contributed by atoms with van der Waals surface area (Å²) in [6.07, 6.45) is 0. The van der Waals surface area contributed by atoms with Crippen LogP contribution >= 0.6 is 0 Å². The van der Waals surface area contributed by atoms with Gasteiger partial charge in [-0.25, -0.2) is 4.79 Å². The van der Waals surface area contributed by atoms with Gasteiger partial charge in [0.2, 0.25) is 0 Å². The van der Waals surface area contributed by atoms with Gasteiger partial charge in [0.1, 0.15) is 11.5 Å². The molecular formula is C21H28N2O3. The molecule has 0 unspecified atom stereocenters. The molecule has 26 heavy (non-hydrogen) atoms. The van der Waals surface area contributed by atoms with Gasteiger partial charge >= 0.3 is 6.03 Å². The van der Waals surface area contributed by atoms with Crippen LogP contribution < -0.4 is 20.1 Å². The first-order chi connectivity index (χ1) is 12.3. The molecule has 2 N–H and O–H groups in total. The van der Waals surface area contributed by atoms with Crippen LogP contribution in [0.25, 0.3) is 0 Å². The first kappa shape index (κ1) is 19.6. The molecule has 2 amide bonds. The van der Waals surface area contributed by atoms with Crippen LogP contribution in [0.15, 0.2) is 42.5 Å². The fourth-order valence-corrected chi connectivity index (χ4v) is 2.56. The van der Waals surface area contributed by atoms with Crippen LogP contribution in [0.5, 0.6) is 11.5 Å². The molecule has 2 aromatic carbocycles. The molecule has 0 fully saturated rings. The molecule has 5 nitrogen and oxygen atoms in total. The second-order valence-corrected chi connectivity index (χ2v) is 7.25. The van der Waals surface area contributed by atoms with Crippen molar-refractivity contribution in [2.75, 3.05) is 13.8 Å². The zero-order valence-corrected chi connectivity index (χ0v) is 16.2. The van der Waals surface area contributed by atoms with E-state index in [0.29, 0.717) is 6.54 Å². The smallest absolute Gasteiger partial charge is 0.317 e. The zero-order valence-electron chi connectivity index (χ0n) is 16.2. The molecule has 0 aliphatic heterocycles. The van der Waals surface area contributed by atoms with Gasteiger partial charge in [-0.2, -0.15) is 0 Å². The van der Waals surface area contributed by atoms with E-state index in [1.165, 1.54) is 5.56 Å². The minimum Gasteiger partial charge on any atom is -0.497 e. The summed E-state index contributed by atoms with van der Waals surface area (Å²) in [7, 11) is 1.62. The maximum absolute atomic E-state index is 12.0. The molecule has 0 bridgehead atoms. The van der Waals surface area contributed by atoms with Gasteiger partial charge in [0, 0.05) is 6.54 Å². The quantitative estimate of drug-likeness (QED) is 0.765. The number of ether oxygens (including phenoxy) is 2. The molecule has 0 aliphatic rings. The summed E-state index contributed by atoms with van der Waals surface area (Å²) < 4.78 is 11.0. The Labute approximate surface area is 155 Å². The van der Waals surface area contributed by atoms with E-state index in [2.05, 4.69) is 44.4 Å². The Hall–Kier alpha value is -2.69. The average Bonchev–Trinajstić information content (AvgIpc) is 2.60. The van der Waals surface area contributed by atoms with E-state index in [-0.39, 0.29) is 18.2 Å². The van der Waals surface area contributed by atoms with Crippen molar-refractivity contribution in [1.29, 1.82) is 0 Å². The molecule has 0 aliphatic carbocycles. The average molecular weight is 356 g/mol. The summed E-state index contributed by atoms with van der Waals surface area (Å²) >= 11 is 0. The highest BCUT2D eigenvalue weighted by molar-refractivity contribution is 5.73. The number of methoxy groups -OCH3 is 1. The third-order valence-electron chi connectivity index (χ3n) is 3.99. The molecule has 0 heterocycles. The predicted molar refractivity (Wildman–Crippen MR) is 104 cm³/mol. The van der Waals surface area contributed by atoms with E-state index in [9.17, 15) is 4.79 Å². The van der Waals surface area contributed by atoms with Crippen molar-refractivity contribution in [3.05, 3.63) is 59.2 Å². The largest absolute Gasteiger partial charge is 0.497 e. The Bertz CT molecular complexity index is 751. The molecule has 2 aromatic rings. The summed E-state index contributed by atoms with van der Waals surface area (Å²) in [5, 5.41) is 5.52. The highest BCUT2D eigenvalue weighted by Gasteiger charge is 2.19. The molecular weight excluding hydrogens is 328 g/mol. The van der Waals surface area contributed by atoms with Crippen LogP contribution in [0.4, 0.5) is 4.79 Å². The molecule has 0 saturated heterocycles. The highest BCUT2D eigenvalue weighted by Crippen LogP contribution is 2.31. The first-order valence-electron chi connectivity index (χ1n) is 8.68. The van der Waals surface area contributed by atoms with Crippen molar-refractivity contribution in [2.45, 2.75) is 39.7 Å². The van der Waals surface area contributed by atoms with Gasteiger partial charge in [0.25, 0.3) is 0 Å². The van der Waals surface area contributed by atoms with Crippen LogP contribution in [0.1, 0.15) is 37.5 Å². The number of hydrogen-bond acceptors (Lipinski definition) is 3. The second-order valence-electron chi connectivity index (χ2n) is 7.25. The van der Waals surface area contributed by atoms with Crippen molar-refractivity contribution in [2.24, 2.45) is 0 Å². The third-order valence-corrected chi connectivity index (χ3v) is 3.99. The van der Waals surface area contributed by atoms with E-state index in [4.69, 9.17) is 9.47 Å². The van der Waals surface area contributed by atoms with Gasteiger partial charge in [-0.1, -0.05) is 50.6 Å². The van der Waals surface area contributed by atoms with Crippen LogP contribution in [-0.4, -0.2) is 19.9 Å². The Kier molecular flexibility index (Phi) is 6.50. The van der Waals surface area contributed by atoms with E-state index in [1.54, 1.807) is 7.11 Å². The van der Waals surface area contributed by atoms with Gasteiger partial charge in [-0.15, -0.1) is 0 Å². The molecule has 0 saturated carbocycles. The minimum atomic E-state index is -0.280. The molecule has 0 radical (unpaired) electrons. The lowest BCUT2D eigenvalue weighted by molar-refractivity contribution is 0.222. The lowest BCUT2D eigenvalue weighted by Gasteiger charge is -2.23. The zero-order chi connectivity index (χ0) is 19.2. The standard InChI is InChI=1S/C21H28N2O3/c1-15-9-10-19(18(11-15)21(2,3)4)26-14-23-20(24)22-13-16-7-6-8-17(12-16)25-5/h6-12H,13-14H2,1-5H3,(H2,22,23,24). The fourth-order valence-electron chi connectivity index (χ4n) is 2.56. The number of amides is 2. The Morgan fingerprint density at radius 1 is 1.08 bits per heavy atom. The van der Waals surface area contributed by atoms with Crippen molar-refractivity contribution in [1.82, 2.24) is 10.6 Å². The maximum atomic E-state index is 12.0. The van der Waals surface area contributed by atoms with Gasteiger partial charge in [-0.05, 0) is 41.7 Å². The number of benzene rings is 2. The van der Waals surface area contributed by atoms with Gasteiger partial charge in [0.05, 0.1) is 7.11 Å². The fraction of sp³-hybridized carbons (Fsp3) is 0.381. The monoisotopic (exact) mass is 356 g/mol. The Morgan fingerprint density at radius 2 is 1.85 bits per heavy atom. The Morgan fingerprint density at radius 3 is 2.54 bits per heavy atom. The normalized spacial score (nSPS) is 11.0. The number of hydrogen-bond donors (Lipinski definition) is 2. The van der Waals surface area contributed by atoms with Crippen molar-refractivity contribution in [3.8, 4) is 11.5 Å². The van der Waals surface area contributed by atoms with Crippen molar-refractivity contribution in [3.63, 3.8) is 0 Å². The number of aryl methyl sites for hydroxylation is 1. The minimum absolute atomic E-state index is 0.0318. The maximum Gasteiger partial charge on any atom is 0.317 e. The summed E-state index contributed by atoms with van der Waals surface area (Å²) in [6, 6.07) is 13.4. The summed E-state index contributed by atoms with van der Waals surface area (Å²) in [6.45, 7) is 9.01. The van der Waals surface area contributed by atoms with Gasteiger partial charge < -0.3 is 20.1 Å². The van der Waals surface area contributed by atoms with E-state index in [0.717, 1.165) is 22.6 Å². The van der Waals surface area contributed by atoms with E-state index < -0.39 is 0 Å². The van der Waals surface area contributed by atoms with Crippen LogP contribution in [0.2, 0.25) is 0 Å². The molecule has 5 heteroatoms. The van der Waals surface area contributed by atoms with Crippen LogP contribution in [0.3, 0.4) is 0 Å². The Balaban J connectivity index is 1.85. The number of rotatable bonds is 6. The van der Waals surface area contributed by atoms with Crippen LogP contribution in [0, 0.1) is 6.92 Å². The van der Waals surface area contributed by atoms with Gasteiger partial charge in [0.15, 0.2) is 6.73 Å². The van der Waals surface area contributed by atoms with Crippen LogP contribution in [-0.2, 0) is 12.0 Å². The lowest BCUT2D eigenvalue weighted by Crippen LogP contribution is -2.37. The third kappa shape index (κ3) is 5.69. The van der Waals surface area contributed by atoms with E-state index >= 15 is 0 Å². The summed E-state index contributed by atoms with van der Waals surface area (Å²) in [5.41, 5.74) is 3.24. The van der Waals surface area contributed by atoms with Crippen molar-refractivity contribution >= 4 is 6.03 Å².